The van der Waals surface area contributed by atoms with Gasteiger partial charge < -0.3 is 10.6 Å². The molecule has 0 aliphatic rings. The van der Waals surface area contributed by atoms with Gasteiger partial charge in [0.2, 0.25) is 0 Å². The van der Waals surface area contributed by atoms with Crippen LogP contribution < -0.4 is 10.6 Å². The Balaban J connectivity index is 1.65. The van der Waals surface area contributed by atoms with Gasteiger partial charge in [0.1, 0.15) is 11.5 Å². The van der Waals surface area contributed by atoms with Crippen molar-refractivity contribution >= 4 is 23.0 Å². The topological polar surface area (TPSA) is 54.0 Å². The zero-order chi connectivity index (χ0) is 17.6. The minimum Gasteiger partial charge on any atom is -0.354 e. The molecule has 0 bridgehead atoms. The van der Waals surface area contributed by atoms with Gasteiger partial charge in [0, 0.05) is 11.4 Å². The van der Waals surface area contributed by atoms with Crippen molar-refractivity contribution in [2.24, 2.45) is 0 Å². The number of hydrogen-bond acceptors (Lipinski definition) is 3. The van der Waals surface area contributed by atoms with Crippen LogP contribution in [0.5, 0.6) is 0 Å². The van der Waals surface area contributed by atoms with Crippen LogP contribution in [-0.2, 0) is 6.42 Å². The SMILES string of the molecule is CCc1ccc(NC(=O)c2ccc(Nc3cccc(F)c3)cn2)cc1. The van der Waals surface area contributed by atoms with Gasteiger partial charge in [-0.15, -0.1) is 0 Å². The van der Waals surface area contributed by atoms with E-state index in [0.29, 0.717) is 17.1 Å². The second-order valence-corrected chi connectivity index (χ2v) is 5.57. The van der Waals surface area contributed by atoms with E-state index < -0.39 is 0 Å². The molecule has 0 unspecified atom stereocenters. The Morgan fingerprint density at radius 1 is 1.00 bits per heavy atom. The molecule has 0 saturated heterocycles. The van der Waals surface area contributed by atoms with Crippen molar-refractivity contribution in [1.82, 2.24) is 4.98 Å². The summed E-state index contributed by atoms with van der Waals surface area (Å²) in [7, 11) is 0. The van der Waals surface area contributed by atoms with Gasteiger partial charge in [-0.25, -0.2) is 9.37 Å². The summed E-state index contributed by atoms with van der Waals surface area (Å²) in [5.41, 5.74) is 3.55. The van der Waals surface area contributed by atoms with Crippen molar-refractivity contribution in [3.05, 3.63) is 83.9 Å². The molecule has 1 amide bonds. The van der Waals surface area contributed by atoms with E-state index in [-0.39, 0.29) is 11.7 Å². The van der Waals surface area contributed by atoms with E-state index >= 15 is 0 Å². The van der Waals surface area contributed by atoms with Crippen molar-refractivity contribution in [2.45, 2.75) is 13.3 Å². The van der Waals surface area contributed by atoms with Crippen LogP contribution in [0, 0.1) is 5.82 Å². The first-order chi connectivity index (χ1) is 12.1. The van der Waals surface area contributed by atoms with Gasteiger partial charge in [-0.3, -0.25) is 4.79 Å². The zero-order valence-electron chi connectivity index (χ0n) is 13.8. The molecule has 1 heterocycles. The Hall–Kier alpha value is -3.21. The number of aromatic nitrogens is 1. The minimum absolute atomic E-state index is 0.276. The highest BCUT2D eigenvalue weighted by Gasteiger charge is 2.08. The maximum Gasteiger partial charge on any atom is 0.274 e. The summed E-state index contributed by atoms with van der Waals surface area (Å²) in [6, 6.07) is 17.2. The summed E-state index contributed by atoms with van der Waals surface area (Å²) in [6.07, 6.45) is 2.50. The van der Waals surface area contributed by atoms with Crippen LogP contribution in [0.2, 0.25) is 0 Å². The van der Waals surface area contributed by atoms with E-state index in [0.717, 1.165) is 12.1 Å². The lowest BCUT2D eigenvalue weighted by atomic mass is 10.1. The lowest BCUT2D eigenvalue weighted by molar-refractivity contribution is 0.102. The van der Waals surface area contributed by atoms with Gasteiger partial charge in [0.05, 0.1) is 11.9 Å². The number of benzene rings is 2. The first-order valence-corrected chi connectivity index (χ1v) is 8.03. The van der Waals surface area contributed by atoms with Gasteiger partial charge in [-0.2, -0.15) is 0 Å². The fourth-order valence-corrected chi connectivity index (χ4v) is 2.35. The quantitative estimate of drug-likeness (QED) is 0.705. The smallest absolute Gasteiger partial charge is 0.274 e. The Morgan fingerprint density at radius 3 is 2.40 bits per heavy atom. The maximum atomic E-state index is 13.2. The van der Waals surface area contributed by atoms with Gasteiger partial charge in [0.15, 0.2) is 0 Å². The number of hydrogen-bond donors (Lipinski definition) is 2. The van der Waals surface area contributed by atoms with Crippen molar-refractivity contribution < 1.29 is 9.18 Å². The highest BCUT2D eigenvalue weighted by Crippen LogP contribution is 2.17. The summed E-state index contributed by atoms with van der Waals surface area (Å²) in [5.74, 6) is -0.593. The predicted octanol–water partition coefficient (Wildman–Crippen LogP) is 4.78. The van der Waals surface area contributed by atoms with Crippen LogP contribution in [0.1, 0.15) is 23.0 Å². The van der Waals surface area contributed by atoms with Crippen molar-refractivity contribution in [3.63, 3.8) is 0 Å². The van der Waals surface area contributed by atoms with Crippen LogP contribution in [-0.4, -0.2) is 10.9 Å². The molecule has 25 heavy (non-hydrogen) atoms. The highest BCUT2D eigenvalue weighted by molar-refractivity contribution is 6.02. The molecule has 0 fully saturated rings. The van der Waals surface area contributed by atoms with Crippen LogP contribution in [0.15, 0.2) is 66.9 Å². The molecular formula is C20H18FN3O. The minimum atomic E-state index is -0.317. The molecule has 2 N–H and O–H groups in total. The Bertz CT molecular complexity index is 861. The van der Waals surface area contributed by atoms with Crippen LogP contribution in [0.3, 0.4) is 0 Å². The largest absolute Gasteiger partial charge is 0.354 e. The molecule has 0 aliphatic heterocycles. The van der Waals surface area contributed by atoms with E-state index in [1.54, 1.807) is 30.5 Å². The van der Waals surface area contributed by atoms with E-state index in [1.807, 2.05) is 24.3 Å². The number of anilines is 3. The Labute approximate surface area is 145 Å². The van der Waals surface area contributed by atoms with Gasteiger partial charge in [-0.05, 0) is 54.4 Å². The second kappa shape index (κ2) is 7.57. The van der Waals surface area contributed by atoms with Gasteiger partial charge in [-0.1, -0.05) is 25.1 Å². The molecule has 126 valence electrons. The standard InChI is InChI=1S/C20H18FN3O/c1-2-14-6-8-16(9-7-14)24-20(25)19-11-10-18(13-22-19)23-17-5-3-4-15(21)12-17/h3-13,23H,2H2,1H3,(H,24,25). The average molecular weight is 335 g/mol. The number of nitrogens with one attached hydrogen (secondary N) is 2. The predicted molar refractivity (Wildman–Crippen MR) is 97.7 cm³/mol. The molecule has 0 aliphatic carbocycles. The third kappa shape index (κ3) is 4.41. The van der Waals surface area contributed by atoms with E-state index in [1.165, 1.54) is 17.7 Å². The number of nitrogens with zero attached hydrogens (tertiary/aromatic N) is 1. The number of pyridine rings is 1. The van der Waals surface area contributed by atoms with Crippen molar-refractivity contribution in [3.8, 4) is 0 Å². The third-order valence-electron chi connectivity index (χ3n) is 3.73. The molecular weight excluding hydrogens is 317 g/mol. The fraction of sp³-hybridized carbons (Fsp3) is 0.100. The molecule has 4 nitrogen and oxygen atoms in total. The van der Waals surface area contributed by atoms with Crippen LogP contribution >= 0.6 is 0 Å². The first-order valence-electron chi connectivity index (χ1n) is 8.03. The summed E-state index contributed by atoms with van der Waals surface area (Å²) in [4.78, 5) is 16.4. The number of amides is 1. The normalized spacial score (nSPS) is 10.3. The van der Waals surface area contributed by atoms with Gasteiger partial charge >= 0.3 is 0 Å². The number of halogens is 1. The molecule has 0 atom stereocenters. The third-order valence-corrected chi connectivity index (χ3v) is 3.73. The monoisotopic (exact) mass is 335 g/mol. The highest BCUT2D eigenvalue weighted by atomic mass is 19.1. The second-order valence-electron chi connectivity index (χ2n) is 5.57. The van der Waals surface area contributed by atoms with E-state index in [9.17, 15) is 9.18 Å². The molecule has 2 aromatic carbocycles. The summed E-state index contributed by atoms with van der Waals surface area (Å²) in [6.45, 7) is 2.08. The molecule has 3 aromatic rings. The number of carbonyl (C=O) groups excluding carboxylic acids is 1. The van der Waals surface area contributed by atoms with Gasteiger partial charge in [0.25, 0.3) is 5.91 Å². The molecule has 3 rings (SSSR count). The first kappa shape index (κ1) is 16.6. The summed E-state index contributed by atoms with van der Waals surface area (Å²) in [5, 5.41) is 5.85. The molecule has 0 radical (unpaired) electrons. The number of rotatable bonds is 5. The van der Waals surface area contributed by atoms with Crippen LogP contribution in [0.4, 0.5) is 21.5 Å². The summed E-state index contributed by atoms with van der Waals surface area (Å²) < 4.78 is 13.2. The van der Waals surface area contributed by atoms with E-state index in [4.69, 9.17) is 0 Å². The molecule has 0 saturated carbocycles. The molecule has 5 heteroatoms. The lowest BCUT2D eigenvalue weighted by Gasteiger charge is -2.08. The Morgan fingerprint density at radius 2 is 1.76 bits per heavy atom. The van der Waals surface area contributed by atoms with Crippen molar-refractivity contribution in [1.29, 1.82) is 0 Å². The fourth-order valence-electron chi connectivity index (χ4n) is 2.35. The van der Waals surface area contributed by atoms with Crippen LogP contribution in [0.25, 0.3) is 0 Å². The number of carbonyl (C=O) groups is 1. The maximum absolute atomic E-state index is 13.2. The lowest BCUT2D eigenvalue weighted by Crippen LogP contribution is -2.13. The summed E-state index contributed by atoms with van der Waals surface area (Å²) >= 11 is 0. The number of aryl methyl sites for hydroxylation is 1. The van der Waals surface area contributed by atoms with E-state index in [2.05, 4.69) is 22.5 Å². The van der Waals surface area contributed by atoms with Crippen molar-refractivity contribution in [2.75, 3.05) is 10.6 Å². The zero-order valence-corrected chi connectivity index (χ0v) is 13.8. The molecule has 0 spiro atoms. The average Bonchev–Trinajstić information content (AvgIpc) is 2.63. The Kier molecular flexibility index (Phi) is 5.04. The molecule has 1 aromatic heterocycles.